The van der Waals surface area contributed by atoms with Gasteiger partial charge in [0.15, 0.2) is 0 Å². The molecule has 0 unspecified atom stereocenters. The summed E-state index contributed by atoms with van der Waals surface area (Å²) in [7, 11) is -3.58. The van der Waals surface area contributed by atoms with Crippen LogP contribution in [0.4, 0.5) is 0 Å². The van der Waals surface area contributed by atoms with E-state index >= 15 is 0 Å². The summed E-state index contributed by atoms with van der Waals surface area (Å²) in [5.41, 5.74) is 0. The quantitative estimate of drug-likeness (QED) is 0.726. The number of piperidine rings is 1. The van der Waals surface area contributed by atoms with Crippen molar-refractivity contribution in [2.75, 3.05) is 33.0 Å². The normalized spacial score (nSPS) is 19.7. The lowest BCUT2D eigenvalue weighted by molar-refractivity contribution is 0.110. The number of sulfonamides is 1. The van der Waals surface area contributed by atoms with Crippen LogP contribution in [-0.4, -0.2) is 56.8 Å². The highest BCUT2D eigenvalue weighted by Gasteiger charge is 2.32. The largest absolute Gasteiger partial charge is 0.491 e. The third-order valence-electron chi connectivity index (χ3n) is 3.91. The number of nitrogens with zero attached hydrogens (tertiary/aromatic N) is 1. The first-order valence-electron chi connectivity index (χ1n) is 8.03. The first-order valence-corrected chi connectivity index (χ1v) is 9.47. The van der Waals surface area contributed by atoms with Crippen LogP contribution in [0.3, 0.4) is 0 Å². The van der Waals surface area contributed by atoms with Crippen molar-refractivity contribution in [1.29, 1.82) is 0 Å². The highest BCUT2D eigenvalue weighted by atomic mass is 32.2. The molecule has 1 atom stereocenters. The summed E-state index contributed by atoms with van der Waals surface area (Å²) in [6.07, 6.45) is 2.48. The van der Waals surface area contributed by atoms with Crippen LogP contribution in [0, 0.1) is 0 Å². The molecule has 0 bridgehead atoms. The van der Waals surface area contributed by atoms with Gasteiger partial charge in [0.25, 0.3) is 0 Å². The molecule has 1 aliphatic heterocycles. The van der Waals surface area contributed by atoms with E-state index in [-0.39, 0.29) is 17.5 Å². The molecule has 1 saturated heterocycles. The minimum absolute atomic E-state index is 0.141. The molecule has 0 aromatic heterocycles. The first kappa shape index (κ1) is 18.2. The second kappa shape index (κ2) is 8.63. The molecular formula is C16H25NO5S. The van der Waals surface area contributed by atoms with E-state index < -0.39 is 10.0 Å². The fourth-order valence-corrected chi connectivity index (χ4v) is 4.36. The Bertz CT molecular complexity index is 573. The minimum atomic E-state index is -3.58. The fourth-order valence-electron chi connectivity index (χ4n) is 2.68. The fraction of sp³-hybridized carbons (Fsp3) is 0.625. The van der Waals surface area contributed by atoms with E-state index in [1.165, 1.54) is 4.31 Å². The van der Waals surface area contributed by atoms with Gasteiger partial charge in [-0.3, -0.25) is 0 Å². The van der Waals surface area contributed by atoms with Crippen LogP contribution in [-0.2, 0) is 14.8 Å². The molecule has 6 nitrogen and oxygen atoms in total. The van der Waals surface area contributed by atoms with Gasteiger partial charge in [0.2, 0.25) is 10.0 Å². The average molecular weight is 343 g/mol. The SMILES string of the molecule is CCOCCOc1ccc(S(=O)(=O)N2CCCC[C@@H]2CO)cc1. The molecule has 1 N–H and O–H groups in total. The maximum absolute atomic E-state index is 12.7. The number of hydrogen-bond acceptors (Lipinski definition) is 5. The van der Waals surface area contributed by atoms with Crippen molar-refractivity contribution in [3.8, 4) is 5.75 Å². The number of aliphatic hydroxyl groups excluding tert-OH is 1. The monoisotopic (exact) mass is 343 g/mol. The van der Waals surface area contributed by atoms with Gasteiger partial charge in [-0.05, 0) is 44.0 Å². The second-order valence-electron chi connectivity index (χ2n) is 5.46. The zero-order valence-corrected chi connectivity index (χ0v) is 14.3. The maximum Gasteiger partial charge on any atom is 0.243 e. The molecule has 1 heterocycles. The summed E-state index contributed by atoms with van der Waals surface area (Å²) in [6, 6.07) is 6.08. The van der Waals surface area contributed by atoms with Crippen LogP contribution in [0.15, 0.2) is 29.2 Å². The first-order chi connectivity index (χ1) is 11.1. The standard InChI is InChI=1S/C16H25NO5S/c1-2-21-11-12-22-15-6-8-16(9-7-15)23(19,20)17-10-4-3-5-14(17)13-18/h6-9,14,18H,2-5,10-13H2,1H3/t14-/m1/s1. The van der Waals surface area contributed by atoms with Crippen LogP contribution < -0.4 is 4.74 Å². The van der Waals surface area contributed by atoms with E-state index in [9.17, 15) is 13.5 Å². The van der Waals surface area contributed by atoms with E-state index in [1.807, 2.05) is 6.92 Å². The van der Waals surface area contributed by atoms with Crippen molar-refractivity contribution >= 4 is 10.0 Å². The molecule has 1 aliphatic rings. The van der Waals surface area contributed by atoms with Crippen molar-refractivity contribution in [3.05, 3.63) is 24.3 Å². The molecule has 7 heteroatoms. The van der Waals surface area contributed by atoms with Crippen LogP contribution >= 0.6 is 0 Å². The Morgan fingerprint density at radius 1 is 1.22 bits per heavy atom. The van der Waals surface area contributed by atoms with Crippen molar-refractivity contribution in [3.63, 3.8) is 0 Å². The van der Waals surface area contributed by atoms with E-state index in [4.69, 9.17) is 9.47 Å². The lowest BCUT2D eigenvalue weighted by Gasteiger charge is -2.33. The van der Waals surface area contributed by atoms with Gasteiger partial charge >= 0.3 is 0 Å². The van der Waals surface area contributed by atoms with E-state index in [2.05, 4.69) is 0 Å². The predicted octanol–water partition coefficient (Wildman–Crippen LogP) is 1.64. The second-order valence-corrected chi connectivity index (χ2v) is 7.36. The lowest BCUT2D eigenvalue weighted by atomic mass is 10.1. The highest BCUT2D eigenvalue weighted by molar-refractivity contribution is 7.89. The molecule has 130 valence electrons. The van der Waals surface area contributed by atoms with Crippen LogP contribution in [0.1, 0.15) is 26.2 Å². The van der Waals surface area contributed by atoms with Crippen LogP contribution in [0.5, 0.6) is 5.75 Å². The summed E-state index contributed by atoms with van der Waals surface area (Å²) >= 11 is 0. The van der Waals surface area contributed by atoms with Crippen molar-refractivity contribution in [1.82, 2.24) is 4.31 Å². The summed E-state index contributed by atoms with van der Waals surface area (Å²) in [6.45, 7) is 3.81. The van der Waals surface area contributed by atoms with Gasteiger partial charge in [-0.1, -0.05) is 6.42 Å². The molecule has 0 radical (unpaired) electrons. The maximum atomic E-state index is 12.7. The molecular weight excluding hydrogens is 318 g/mol. The molecule has 1 aromatic rings. The number of ether oxygens (including phenoxy) is 2. The molecule has 0 spiro atoms. The van der Waals surface area contributed by atoms with Crippen molar-refractivity contribution in [2.24, 2.45) is 0 Å². The molecule has 0 saturated carbocycles. The van der Waals surface area contributed by atoms with Gasteiger partial charge in [0, 0.05) is 19.2 Å². The summed E-state index contributed by atoms with van der Waals surface area (Å²) in [5.74, 6) is 0.612. The summed E-state index contributed by atoms with van der Waals surface area (Å²) in [4.78, 5) is 0.231. The average Bonchev–Trinajstić information content (AvgIpc) is 2.59. The van der Waals surface area contributed by atoms with E-state index in [1.54, 1.807) is 24.3 Å². The summed E-state index contributed by atoms with van der Waals surface area (Å²) in [5, 5.41) is 9.42. The van der Waals surface area contributed by atoms with Gasteiger partial charge < -0.3 is 14.6 Å². The Morgan fingerprint density at radius 2 is 1.96 bits per heavy atom. The third kappa shape index (κ3) is 4.67. The Balaban J connectivity index is 2.04. The Hall–Kier alpha value is -1.15. The molecule has 1 fully saturated rings. The number of hydrogen-bond donors (Lipinski definition) is 1. The zero-order valence-electron chi connectivity index (χ0n) is 13.5. The smallest absolute Gasteiger partial charge is 0.243 e. The molecule has 2 rings (SSSR count). The number of benzene rings is 1. The van der Waals surface area contributed by atoms with Gasteiger partial charge in [0.05, 0.1) is 18.1 Å². The zero-order chi connectivity index (χ0) is 16.7. The highest BCUT2D eigenvalue weighted by Crippen LogP contribution is 2.26. The molecule has 23 heavy (non-hydrogen) atoms. The van der Waals surface area contributed by atoms with Crippen LogP contribution in [0.25, 0.3) is 0 Å². The van der Waals surface area contributed by atoms with Gasteiger partial charge in [-0.15, -0.1) is 0 Å². The molecule has 0 amide bonds. The van der Waals surface area contributed by atoms with Crippen molar-refractivity contribution < 1.29 is 23.0 Å². The molecule has 1 aromatic carbocycles. The number of aliphatic hydroxyl groups is 1. The number of rotatable bonds is 8. The van der Waals surface area contributed by atoms with Crippen LogP contribution in [0.2, 0.25) is 0 Å². The van der Waals surface area contributed by atoms with Gasteiger partial charge in [0.1, 0.15) is 12.4 Å². The Kier molecular flexibility index (Phi) is 6.83. The third-order valence-corrected chi connectivity index (χ3v) is 5.88. The predicted molar refractivity (Wildman–Crippen MR) is 87.0 cm³/mol. The molecule has 0 aliphatic carbocycles. The van der Waals surface area contributed by atoms with Gasteiger partial charge in [-0.2, -0.15) is 4.31 Å². The lowest BCUT2D eigenvalue weighted by Crippen LogP contribution is -2.45. The Morgan fingerprint density at radius 3 is 2.61 bits per heavy atom. The minimum Gasteiger partial charge on any atom is -0.491 e. The topological polar surface area (TPSA) is 76.1 Å². The van der Waals surface area contributed by atoms with Crippen molar-refractivity contribution in [2.45, 2.75) is 37.1 Å². The van der Waals surface area contributed by atoms with Gasteiger partial charge in [-0.25, -0.2) is 8.42 Å². The van der Waals surface area contributed by atoms with E-state index in [0.29, 0.717) is 38.5 Å². The summed E-state index contributed by atoms with van der Waals surface area (Å²) < 4.78 is 37.5. The Labute approximate surface area is 138 Å². The van der Waals surface area contributed by atoms with E-state index in [0.717, 1.165) is 12.8 Å².